The van der Waals surface area contributed by atoms with Crippen molar-refractivity contribution in [2.75, 3.05) is 59.3 Å². The van der Waals surface area contributed by atoms with Crippen LogP contribution in [0.5, 0.6) is 11.5 Å². The van der Waals surface area contributed by atoms with Crippen molar-refractivity contribution in [3.05, 3.63) is 41.6 Å². The predicted octanol–water partition coefficient (Wildman–Crippen LogP) is 1.19. The van der Waals surface area contributed by atoms with Gasteiger partial charge in [-0.1, -0.05) is 6.07 Å². The SMILES string of the molecule is O=C(c1coc(CN2CCN(Cc3ccc4c(c3)OCO4)CC2)n1)N1CCOCC1. The van der Waals surface area contributed by atoms with E-state index in [1.54, 1.807) is 4.90 Å². The highest BCUT2D eigenvalue weighted by Gasteiger charge is 2.24. The Morgan fingerprint density at radius 1 is 0.933 bits per heavy atom. The van der Waals surface area contributed by atoms with Gasteiger partial charge in [-0.25, -0.2) is 4.98 Å². The smallest absolute Gasteiger partial charge is 0.275 e. The Bertz CT molecular complexity index is 887. The van der Waals surface area contributed by atoms with Crippen molar-refractivity contribution in [2.45, 2.75) is 13.1 Å². The molecule has 4 heterocycles. The summed E-state index contributed by atoms with van der Waals surface area (Å²) in [7, 11) is 0. The minimum Gasteiger partial charge on any atom is -0.454 e. The lowest BCUT2D eigenvalue weighted by Gasteiger charge is -2.34. The molecule has 1 aromatic heterocycles. The van der Waals surface area contributed by atoms with Gasteiger partial charge < -0.3 is 23.5 Å². The molecule has 30 heavy (non-hydrogen) atoms. The third kappa shape index (κ3) is 4.28. The third-order valence-electron chi connectivity index (χ3n) is 5.74. The second kappa shape index (κ2) is 8.63. The molecule has 0 N–H and O–H groups in total. The van der Waals surface area contributed by atoms with Crippen molar-refractivity contribution in [3.63, 3.8) is 0 Å². The minimum absolute atomic E-state index is 0.0816. The first-order valence-electron chi connectivity index (χ1n) is 10.4. The van der Waals surface area contributed by atoms with Gasteiger partial charge in [-0.15, -0.1) is 0 Å². The van der Waals surface area contributed by atoms with Gasteiger partial charge in [0.25, 0.3) is 5.91 Å². The summed E-state index contributed by atoms with van der Waals surface area (Å²) in [5.74, 6) is 2.16. The molecule has 0 aliphatic carbocycles. The second-order valence-electron chi connectivity index (χ2n) is 7.77. The van der Waals surface area contributed by atoms with Crippen LogP contribution in [0.25, 0.3) is 0 Å². The van der Waals surface area contributed by atoms with Crippen molar-refractivity contribution in [2.24, 2.45) is 0 Å². The normalized spacial score (nSPS) is 19.9. The van der Waals surface area contributed by atoms with E-state index in [0.717, 1.165) is 44.2 Å². The van der Waals surface area contributed by atoms with Crippen molar-refractivity contribution in [3.8, 4) is 11.5 Å². The van der Waals surface area contributed by atoms with Gasteiger partial charge in [0.15, 0.2) is 17.2 Å². The van der Waals surface area contributed by atoms with E-state index < -0.39 is 0 Å². The van der Waals surface area contributed by atoms with Crippen LogP contribution in [0.2, 0.25) is 0 Å². The molecule has 0 saturated carbocycles. The first-order valence-corrected chi connectivity index (χ1v) is 10.4. The molecule has 2 saturated heterocycles. The number of hydrogen-bond acceptors (Lipinski definition) is 8. The highest BCUT2D eigenvalue weighted by molar-refractivity contribution is 5.92. The van der Waals surface area contributed by atoms with Crippen molar-refractivity contribution >= 4 is 5.91 Å². The van der Waals surface area contributed by atoms with Crippen molar-refractivity contribution < 1.29 is 23.4 Å². The van der Waals surface area contributed by atoms with E-state index in [-0.39, 0.29) is 5.91 Å². The van der Waals surface area contributed by atoms with E-state index in [1.165, 1.54) is 11.8 Å². The number of nitrogens with zero attached hydrogens (tertiary/aromatic N) is 4. The minimum atomic E-state index is -0.0816. The summed E-state index contributed by atoms with van der Waals surface area (Å²) in [5, 5.41) is 0. The third-order valence-corrected chi connectivity index (χ3v) is 5.74. The van der Waals surface area contributed by atoms with Gasteiger partial charge in [-0.05, 0) is 17.7 Å². The van der Waals surface area contributed by atoms with Crippen LogP contribution in [0, 0.1) is 0 Å². The lowest BCUT2D eigenvalue weighted by Crippen LogP contribution is -2.45. The summed E-state index contributed by atoms with van der Waals surface area (Å²) in [6.45, 7) is 7.97. The summed E-state index contributed by atoms with van der Waals surface area (Å²) < 4.78 is 21.7. The van der Waals surface area contributed by atoms with Crippen LogP contribution in [-0.2, 0) is 17.8 Å². The Kier molecular flexibility index (Phi) is 5.56. The highest BCUT2D eigenvalue weighted by Crippen LogP contribution is 2.32. The quantitative estimate of drug-likeness (QED) is 0.722. The highest BCUT2D eigenvalue weighted by atomic mass is 16.7. The Morgan fingerprint density at radius 3 is 2.47 bits per heavy atom. The van der Waals surface area contributed by atoms with Crippen LogP contribution in [0.3, 0.4) is 0 Å². The van der Waals surface area contributed by atoms with Gasteiger partial charge in [0.05, 0.1) is 19.8 Å². The second-order valence-corrected chi connectivity index (χ2v) is 7.77. The lowest BCUT2D eigenvalue weighted by molar-refractivity contribution is 0.0299. The van der Waals surface area contributed by atoms with E-state index in [4.69, 9.17) is 18.6 Å². The van der Waals surface area contributed by atoms with E-state index in [0.29, 0.717) is 51.2 Å². The molecule has 1 aromatic carbocycles. The fraction of sp³-hybridized carbons (Fsp3) is 0.524. The molecule has 2 aromatic rings. The number of hydrogen-bond donors (Lipinski definition) is 0. The fourth-order valence-corrected chi connectivity index (χ4v) is 4.00. The molecule has 0 bridgehead atoms. The number of carbonyl (C=O) groups is 1. The largest absolute Gasteiger partial charge is 0.454 e. The van der Waals surface area contributed by atoms with E-state index in [2.05, 4.69) is 26.9 Å². The number of oxazole rings is 1. The number of rotatable bonds is 5. The van der Waals surface area contributed by atoms with Gasteiger partial charge in [-0.3, -0.25) is 14.6 Å². The Hall–Kier alpha value is -2.62. The number of amides is 1. The Balaban J connectivity index is 1.10. The standard InChI is InChI=1S/C21H26N4O5/c26-21(25-7-9-27-10-8-25)17-14-28-20(22-17)13-24-5-3-23(4-6-24)12-16-1-2-18-19(11-16)30-15-29-18/h1-2,11,14H,3-10,12-13,15H2. The molecule has 0 unspecified atom stereocenters. The van der Waals surface area contributed by atoms with Gasteiger partial charge >= 0.3 is 0 Å². The summed E-state index contributed by atoms with van der Waals surface area (Å²) in [5.41, 5.74) is 1.61. The van der Waals surface area contributed by atoms with Crippen LogP contribution in [-0.4, -0.2) is 84.9 Å². The molecular formula is C21H26N4O5. The van der Waals surface area contributed by atoms with Gasteiger partial charge in [0, 0.05) is 45.8 Å². The van der Waals surface area contributed by atoms with Crippen molar-refractivity contribution in [1.29, 1.82) is 0 Å². The molecule has 1 amide bonds. The molecule has 0 spiro atoms. The maximum atomic E-state index is 12.5. The zero-order valence-corrected chi connectivity index (χ0v) is 16.9. The number of piperazine rings is 1. The number of morpholine rings is 1. The summed E-state index contributed by atoms with van der Waals surface area (Å²) in [6, 6.07) is 6.14. The molecule has 160 valence electrons. The average Bonchev–Trinajstić information content (AvgIpc) is 3.44. The molecule has 9 nitrogen and oxygen atoms in total. The molecular weight excluding hydrogens is 388 g/mol. The Labute approximate surface area is 175 Å². The number of fused-ring (bicyclic) bond motifs is 1. The van der Waals surface area contributed by atoms with Gasteiger partial charge in [-0.2, -0.15) is 0 Å². The van der Waals surface area contributed by atoms with Crippen molar-refractivity contribution in [1.82, 2.24) is 19.7 Å². The lowest BCUT2D eigenvalue weighted by atomic mass is 10.1. The zero-order chi connectivity index (χ0) is 20.3. The summed E-state index contributed by atoms with van der Waals surface area (Å²) in [4.78, 5) is 23.4. The monoisotopic (exact) mass is 414 g/mol. The molecule has 9 heteroatoms. The fourth-order valence-electron chi connectivity index (χ4n) is 4.00. The van der Waals surface area contributed by atoms with E-state index in [9.17, 15) is 4.79 Å². The zero-order valence-electron chi connectivity index (χ0n) is 16.9. The molecule has 3 aliphatic rings. The molecule has 3 aliphatic heterocycles. The molecule has 0 atom stereocenters. The first kappa shape index (κ1) is 19.3. The number of ether oxygens (including phenoxy) is 3. The average molecular weight is 414 g/mol. The number of aromatic nitrogens is 1. The number of benzene rings is 1. The first-order chi connectivity index (χ1) is 14.7. The van der Waals surface area contributed by atoms with Crippen LogP contribution in [0.1, 0.15) is 21.9 Å². The van der Waals surface area contributed by atoms with E-state index in [1.807, 2.05) is 6.07 Å². The van der Waals surface area contributed by atoms with Gasteiger partial charge in [0.2, 0.25) is 12.7 Å². The van der Waals surface area contributed by atoms with E-state index >= 15 is 0 Å². The maximum Gasteiger partial charge on any atom is 0.275 e. The van der Waals surface area contributed by atoms with Crippen LogP contribution in [0.15, 0.2) is 28.9 Å². The van der Waals surface area contributed by atoms with Gasteiger partial charge in [0.1, 0.15) is 6.26 Å². The molecule has 0 radical (unpaired) electrons. The topological polar surface area (TPSA) is 80.5 Å². The number of carbonyl (C=O) groups excluding carboxylic acids is 1. The Morgan fingerprint density at radius 2 is 1.67 bits per heavy atom. The van der Waals surface area contributed by atoms with Crippen LogP contribution >= 0.6 is 0 Å². The maximum absolute atomic E-state index is 12.5. The van der Waals surface area contributed by atoms with Crippen LogP contribution < -0.4 is 9.47 Å². The molecule has 2 fully saturated rings. The molecule has 5 rings (SSSR count). The summed E-state index contributed by atoms with van der Waals surface area (Å²) in [6.07, 6.45) is 1.48. The summed E-state index contributed by atoms with van der Waals surface area (Å²) >= 11 is 0. The predicted molar refractivity (Wildman–Crippen MR) is 106 cm³/mol. The van der Waals surface area contributed by atoms with Crippen LogP contribution in [0.4, 0.5) is 0 Å².